The minimum atomic E-state index is -1.24. The van der Waals surface area contributed by atoms with E-state index in [0.29, 0.717) is 6.42 Å². The van der Waals surface area contributed by atoms with Gasteiger partial charge in [-0.3, -0.25) is 0 Å². The van der Waals surface area contributed by atoms with Gasteiger partial charge in [0.25, 0.3) is 0 Å². The molecular formula is C8H19FN2. The van der Waals surface area contributed by atoms with Gasteiger partial charge in [-0.2, -0.15) is 0 Å². The Labute approximate surface area is 68.3 Å². The fraction of sp³-hybridized carbons (Fsp3) is 1.00. The minimum Gasteiger partial charge on any atom is -0.327 e. The van der Waals surface area contributed by atoms with Crippen molar-refractivity contribution < 1.29 is 4.39 Å². The predicted octanol–water partition coefficient (Wildman–Crippen LogP) is 1.06. The molecule has 3 N–H and O–H groups in total. The first-order valence-corrected chi connectivity index (χ1v) is 4.23. The van der Waals surface area contributed by atoms with Crippen molar-refractivity contribution in [3.8, 4) is 0 Å². The van der Waals surface area contributed by atoms with Crippen LogP contribution in [0.5, 0.6) is 0 Å². The number of nitrogens with one attached hydrogen (secondary N) is 1. The second-order valence-corrected chi connectivity index (χ2v) is 2.87. The monoisotopic (exact) mass is 162 g/mol. The van der Waals surface area contributed by atoms with E-state index in [9.17, 15) is 4.39 Å². The molecule has 0 radical (unpaired) electrons. The summed E-state index contributed by atoms with van der Waals surface area (Å²) in [6, 6.07) is -0.150. The van der Waals surface area contributed by atoms with E-state index in [4.69, 9.17) is 5.73 Å². The fourth-order valence-corrected chi connectivity index (χ4v) is 1.12. The summed E-state index contributed by atoms with van der Waals surface area (Å²) in [5.74, 6) is 0. The average molecular weight is 162 g/mol. The maximum absolute atomic E-state index is 13.6. The molecular weight excluding hydrogens is 143 g/mol. The topological polar surface area (TPSA) is 38.0 Å². The predicted molar refractivity (Wildman–Crippen MR) is 46.3 cm³/mol. The molecule has 0 fully saturated rings. The normalized spacial score (nSPS) is 19.4. The van der Waals surface area contributed by atoms with Crippen LogP contribution in [0.15, 0.2) is 0 Å². The molecule has 0 saturated heterocycles. The number of nitrogens with two attached hydrogens (primary N) is 1. The molecule has 2 nitrogen and oxygen atoms in total. The van der Waals surface area contributed by atoms with E-state index in [0.717, 1.165) is 6.54 Å². The fourth-order valence-electron chi connectivity index (χ4n) is 1.12. The van der Waals surface area contributed by atoms with E-state index < -0.39 is 5.67 Å². The van der Waals surface area contributed by atoms with Gasteiger partial charge in [0.2, 0.25) is 0 Å². The first kappa shape index (κ1) is 10.8. The van der Waals surface area contributed by atoms with Crippen molar-refractivity contribution in [3.05, 3.63) is 0 Å². The van der Waals surface area contributed by atoms with Crippen LogP contribution in [0.2, 0.25) is 0 Å². The Kier molecular flexibility index (Phi) is 4.61. The summed E-state index contributed by atoms with van der Waals surface area (Å²) in [7, 11) is 0. The molecule has 11 heavy (non-hydrogen) atoms. The smallest absolute Gasteiger partial charge is 0.137 e. The van der Waals surface area contributed by atoms with Crippen LogP contribution in [-0.2, 0) is 0 Å². The van der Waals surface area contributed by atoms with Gasteiger partial charge in [-0.1, -0.05) is 13.8 Å². The Morgan fingerprint density at radius 3 is 2.36 bits per heavy atom. The third-order valence-electron chi connectivity index (χ3n) is 2.21. The van der Waals surface area contributed by atoms with Crippen molar-refractivity contribution >= 4 is 0 Å². The van der Waals surface area contributed by atoms with Crippen molar-refractivity contribution in [1.29, 1.82) is 0 Å². The highest BCUT2D eigenvalue weighted by molar-refractivity contribution is 4.88. The molecule has 0 aliphatic rings. The van der Waals surface area contributed by atoms with Crippen molar-refractivity contribution in [2.24, 2.45) is 5.73 Å². The highest BCUT2D eigenvalue weighted by Crippen LogP contribution is 2.18. The zero-order valence-corrected chi connectivity index (χ0v) is 7.65. The lowest BCUT2D eigenvalue weighted by Gasteiger charge is -2.29. The van der Waals surface area contributed by atoms with Crippen molar-refractivity contribution in [2.75, 3.05) is 13.1 Å². The first-order chi connectivity index (χ1) is 5.10. The standard InChI is InChI=1S/C8H19FN2/c1-4-8(9,6-10)7(3)11-5-2/h7,11H,4-6,10H2,1-3H3. The maximum Gasteiger partial charge on any atom is 0.137 e. The Hall–Kier alpha value is -0.150. The second-order valence-electron chi connectivity index (χ2n) is 2.87. The molecule has 0 aromatic carbocycles. The SMILES string of the molecule is CCNC(C)C(F)(CC)CN. The molecule has 0 aliphatic heterocycles. The Morgan fingerprint density at radius 1 is 1.55 bits per heavy atom. The van der Waals surface area contributed by atoms with Crippen LogP contribution in [0.25, 0.3) is 0 Å². The van der Waals surface area contributed by atoms with Gasteiger partial charge < -0.3 is 11.1 Å². The Balaban J connectivity index is 4.00. The molecule has 0 aromatic heterocycles. The van der Waals surface area contributed by atoms with Crippen LogP contribution >= 0.6 is 0 Å². The van der Waals surface area contributed by atoms with Crippen molar-refractivity contribution in [3.63, 3.8) is 0 Å². The second kappa shape index (κ2) is 4.67. The summed E-state index contributed by atoms with van der Waals surface area (Å²) in [6.07, 6.45) is 0.470. The zero-order chi connectivity index (χ0) is 8.91. The third kappa shape index (κ3) is 2.75. The maximum atomic E-state index is 13.6. The van der Waals surface area contributed by atoms with Gasteiger partial charge in [-0.05, 0) is 19.9 Å². The van der Waals surface area contributed by atoms with E-state index in [1.807, 2.05) is 20.8 Å². The summed E-state index contributed by atoms with van der Waals surface area (Å²) < 4.78 is 13.6. The van der Waals surface area contributed by atoms with E-state index in [2.05, 4.69) is 5.32 Å². The summed E-state index contributed by atoms with van der Waals surface area (Å²) in [4.78, 5) is 0. The van der Waals surface area contributed by atoms with E-state index in [1.165, 1.54) is 0 Å². The average Bonchev–Trinajstić information content (AvgIpc) is 2.03. The van der Waals surface area contributed by atoms with Gasteiger partial charge >= 0.3 is 0 Å². The first-order valence-electron chi connectivity index (χ1n) is 4.23. The summed E-state index contributed by atoms with van der Waals surface area (Å²) in [5, 5.41) is 3.03. The quantitative estimate of drug-likeness (QED) is 0.634. The molecule has 0 amide bonds. The van der Waals surface area contributed by atoms with E-state index in [1.54, 1.807) is 0 Å². The van der Waals surface area contributed by atoms with Gasteiger partial charge in [-0.15, -0.1) is 0 Å². The molecule has 3 heteroatoms. The number of hydrogen-bond donors (Lipinski definition) is 2. The molecule has 0 aliphatic carbocycles. The minimum absolute atomic E-state index is 0.0949. The Morgan fingerprint density at radius 2 is 2.09 bits per heavy atom. The van der Waals surface area contributed by atoms with Crippen LogP contribution in [0.3, 0.4) is 0 Å². The number of halogens is 1. The van der Waals surface area contributed by atoms with Crippen LogP contribution in [0.4, 0.5) is 4.39 Å². The van der Waals surface area contributed by atoms with Crippen LogP contribution < -0.4 is 11.1 Å². The van der Waals surface area contributed by atoms with Gasteiger partial charge in [0.15, 0.2) is 0 Å². The molecule has 0 spiro atoms. The molecule has 68 valence electrons. The lowest BCUT2D eigenvalue weighted by molar-refractivity contribution is 0.118. The molecule has 0 aromatic rings. The molecule has 0 bridgehead atoms. The van der Waals surface area contributed by atoms with Crippen LogP contribution in [0.1, 0.15) is 27.2 Å². The number of rotatable bonds is 5. The van der Waals surface area contributed by atoms with E-state index in [-0.39, 0.29) is 12.6 Å². The van der Waals surface area contributed by atoms with Crippen LogP contribution in [0, 0.1) is 0 Å². The molecule has 2 atom stereocenters. The van der Waals surface area contributed by atoms with Crippen molar-refractivity contribution in [1.82, 2.24) is 5.32 Å². The third-order valence-corrected chi connectivity index (χ3v) is 2.21. The highest BCUT2D eigenvalue weighted by atomic mass is 19.1. The van der Waals surface area contributed by atoms with Gasteiger partial charge in [0.1, 0.15) is 5.67 Å². The highest BCUT2D eigenvalue weighted by Gasteiger charge is 2.31. The lowest BCUT2D eigenvalue weighted by Crippen LogP contribution is -2.50. The van der Waals surface area contributed by atoms with Crippen LogP contribution in [-0.4, -0.2) is 24.8 Å². The van der Waals surface area contributed by atoms with Gasteiger partial charge in [0.05, 0.1) is 0 Å². The summed E-state index contributed by atoms with van der Waals surface area (Å²) in [5.41, 5.74) is 4.09. The Bertz CT molecular complexity index is 102. The van der Waals surface area contributed by atoms with Crippen molar-refractivity contribution in [2.45, 2.75) is 38.9 Å². The number of hydrogen-bond acceptors (Lipinski definition) is 2. The summed E-state index contributed by atoms with van der Waals surface area (Å²) in [6.45, 7) is 6.49. The molecule has 0 heterocycles. The molecule has 0 saturated carbocycles. The van der Waals surface area contributed by atoms with Gasteiger partial charge in [-0.25, -0.2) is 4.39 Å². The summed E-state index contributed by atoms with van der Waals surface area (Å²) >= 11 is 0. The largest absolute Gasteiger partial charge is 0.327 e. The zero-order valence-electron chi connectivity index (χ0n) is 7.65. The lowest BCUT2D eigenvalue weighted by atomic mass is 9.95. The molecule has 0 rings (SSSR count). The molecule has 2 unspecified atom stereocenters. The van der Waals surface area contributed by atoms with E-state index >= 15 is 0 Å². The van der Waals surface area contributed by atoms with Gasteiger partial charge in [0, 0.05) is 12.6 Å². The number of alkyl halides is 1.